The zero-order valence-electron chi connectivity index (χ0n) is 16.5. The number of benzene rings is 1. The fraction of sp³-hybridized carbons (Fsp3) is 0.318. The monoisotopic (exact) mass is 378 g/mol. The van der Waals surface area contributed by atoms with E-state index < -0.39 is 0 Å². The number of amides is 1. The number of hydrogen-bond donors (Lipinski definition) is 2. The lowest BCUT2D eigenvalue weighted by Crippen LogP contribution is -2.35. The van der Waals surface area contributed by atoms with Crippen molar-refractivity contribution in [3.05, 3.63) is 59.9 Å². The highest BCUT2D eigenvalue weighted by molar-refractivity contribution is 5.97. The molecule has 0 radical (unpaired) electrons. The van der Waals surface area contributed by atoms with Crippen LogP contribution in [-0.4, -0.2) is 38.4 Å². The van der Waals surface area contributed by atoms with E-state index in [1.54, 1.807) is 13.1 Å². The summed E-state index contributed by atoms with van der Waals surface area (Å²) in [6, 6.07) is 11.3. The smallest absolute Gasteiger partial charge is 0.251 e. The summed E-state index contributed by atoms with van der Waals surface area (Å²) >= 11 is 0. The van der Waals surface area contributed by atoms with Crippen LogP contribution in [0, 0.1) is 6.92 Å². The van der Waals surface area contributed by atoms with Gasteiger partial charge in [0.2, 0.25) is 0 Å². The molecule has 3 rings (SSSR count). The zero-order valence-corrected chi connectivity index (χ0v) is 16.5. The number of pyridine rings is 1. The van der Waals surface area contributed by atoms with Crippen molar-refractivity contribution in [2.75, 3.05) is 6.61 Å². The Labute approximate surface area is 165 Å². The van der Waals surface area contributed by atoms with Gasteiger partial charge in [0.15, 0.2) is 0 Å². The van der Waals surface area contributed by atoms with Crippen molar-refractivity contribution in [2.24, 2.45) is 0 Å². The van der Waals surface area contributed by atoms with Gasteiger partial charge in [-0.2, -0.15) is 5.10 Å². The van der Waals surface area contributed by atoms with Gasteiger partial charge in [0, 0.05) is 41.7 Å². The Hall–Kier alpha value is -2.99. The molecule has 1 unspecified atom stereocenters. The summed E-state index contributed by atoms with van der Waals surface area (Å²) in [5, 5.41) is 16.5. The highest BCUT2D eigenvalue weighted by atomic mass is 16.3. The Morgan fingerprint density at radius 3 is 2.68 bits per heavy atom. The third kappa shape index (κ3) is 4.46. The summed E-state index contributed by atoms with van der Waals surface area (Å²) in [4.78, 5) is 17.2. The normalized spacial score (nSPS) is 12.0. The van der Waals surface area contributed by atoms with Gasteiger partial charge in [-0.25, -0.2) is 0 Å². The number of carbonyl (C=O) groups is 1. The van der Waals surface area contributed by atoms with E-state index in [4.69, 9.17) is 0 Å². The van der Waals surface area contributed by atoms with Gasteiger partial charge in [0.1, 0.15) is 0 Å². The summed E-state index contributed by atoms with van der Waals surface area (Å²) in [5.41, 5.74) is 5.14. The van der Waals surface area contributed by atoms with Crippen LogP contribution in [0.5, 0.6) is 0 Å². The van der Waals surface area contributed by atoms with Gasteiger partial charge in [0.05, 0.1) is 18.0 Å². The highest BCUT2D eigenvalue weighted by Gasteiger charge is 2.15. The van der Waals surface area contributed by atoms with Gasteiger partial charge >= 0.3 is 0 Å². The molecule has 2 N–H and O–H groups in total. The SMILES string of the molecule is CCCn1nccc1-c1cc(C(=O)NC(C)CO)cc(-c2ccc(C)cn2)c1. The molecule has 1 amide bonds. The van der Waals surface area contributed by atoms with Gasteiger partial charge in [0.25, 0.3) is 5.91 Å². The second-order valence-corrected chi connectivity index (χ2v) is 7.02. The van der Waals surface area contributed by atoms with Crippen LogP contribution in [0.1, 0.15) is 36.2 Å². The van der Waals surface area contributed by atoms with E-state index in [0.717, 1.165) is 41.0 Å². The van der Waals surface area contributed by atoms with Crippen molar-refractivity contribution in [2.45, 2.75) is 39.8 Å². The van der Waals surface area contributed by atoms with Crippen molar-refractivity contribution >= 4 is 5.91 Å². The van der Waals surface area contributed by atoms with Crippen LogP contribution in [0.2, 0.25) is 0 Å². The van der Waals surface area contributed by atoms with Gasteiger partial charge in [-0.15, -0.1) is 0 Å². The minimum Gasteiger partial charge on any atom is -0.394 e. The molecule has 3 aromatic rings. The van der Waals surface area contributed by atoms with E-state index >= 15 is 0 Å². The lowest BCUT2D eigenvalue weighted by atomic mass is 10.00. The number of hydrogen-bond acceptors (Lipinski definition) is 4. The van der Waals surface area contributed by atoms with Crippen molar-refractivity contribution in [3.8, 4) is 22.5 Å². The average Bonchev–Trinajstić information content (AvgIpc) is 3.16. The van der Waals surface area contributed by atoms with E-state index in [1.807, 2.05) is 54.2 Å². The van der Waals surface area contributed by atoms with E-state index in [-0.39, 0.29) is 18.6 Å². The summed E-state index contributed by atoms with van der Waals surface area (Å²) in [7, 11) is 0. The summed E-state index contributed by atoms with van der Waals surface area (Å²) in [6.45, 7) is 6.55. The number of aromatic nitrogens is 3. The summed E-state index contributed by atoms with van der Waals surface area (Å²) in [5.74, 6) is -0.224. The van der Waals surface area contributed by atoms with Gasteiger partial charge in [-0.1, -0.05) is 13.0 Å². The maximum atomic E-state index is 12.7. The first-order chi connectivity index (χ1) is 13.5. The number of nitrogens with zero attached hydrogens (tertiary/aromatic N) is 3. The highest BCUT2D eigenvalue weighted by Crippen LogP contribution is 2.28. The molecular formula is C22H26N4O2. The van der Waals surface area contributed by atoms with E-state index in [2.05, 4.69) is 22.3 Å². The second kappa shape index (κ2) is 8.80. The number of carbonyl (C=O) groups excluding carboxylic acids is 1. The van der Waals surface area contributed by atoms with Gasteiger partial charge in [-0.05, 0) is 56.2 Å². The average molecular weight is 378 g/mol. The van der Waals surface area contributed by atoms with Crippen molar-refractivity contribution in [1.29, 1.82) is 0 Å². The molecule has 0 aliphatic rings. The molecule has 28 heavy (non-hydrogen) atoms. The summed E-state index contributed by atoms with van der Waals surface area (Å²) in [6.07, 6.45) is 4.56. The molecular weight excluding hydrogens is 352 g/mol. The Kier molecular flexibility index (Phi) is 6.21. The van der Waals surface area contributed by atoms with Crippen LogP contribution in [0.3, 0.4) is 0 Å². The molecule has 2 aromatic heterocycles. The number of aliphatic hydroxyl groups excluding tert-OH is 1. The molecule has 0 bridgehead atoms. The molecule has 0 spiro atoms. The maximum Gasteiger partial charge on any atom is 0.251 e. The Balaban J connectivity index is 2.09. The molecule has 0 aliphatic heterocycles. The maximum absolute atomic E-state index is 12.7. The largest absolute Gasteiger partial charge is 0.394 e. The van der Waals surface area contributed by atoms with Crippen LogP contribution in [0.25, 0.3) is 22.5 Å². The predicted molar refractivity (Wildman–Crippen MR) is 110 cm³/mol. The fourth-order valence-corrected chi connectivity index (χ4v) is 3.01. The van der Waals surface area contributed by atoms with E-state index in [1.165, 1.54) is 0 Å². The molecule has 6 heteroatoms. The third-order valence-corrected chi connectivity index (χ3v) is 4.50. The van der Waals surface area contributed by atoms with Gasteiger partial charge < -0.3 is 10.4 Å². The zero-order chi connectivity index (χ0) is 20.1. The first-order valence-electron chi connectivity index (χ1n) is 9.53. The van der Waals surface area contributed by atoms with Crippen molar-refractivity contribution in [3.63, 3.8) is 0 Å². The molecule has 6 nitrogen and oxygen atoms in total. The minimum atomic E-state index is -0.317. The Morgan fingerprint density at radius 2 is 2.00 bits per heavy atom. The fourth-order valence-electron chi connectivity index (χ4n) is 3.01. The second-order valence-electron chi connectivity index (χ2n) is 7.02. The topological polar surface area (TPSA) is 80.0 Å². The molecule has 1 atom stereocenters. The number of aliphatic hydroxyl groups is 1. The minimum absolute atomic E-state index is 0.110. The molecule has 0 fully saturated rings. The first kappa shape index (κ1) is 19.8. The number of rotatable bonds is 7. The van der Waals surface area contributed by atoms with Crippen molar-refractivity contribution < 1.29 is 9.90 Å². The Bertz CT molecular complexity index is 947. The molecule has 0 saturated heterocycles. The van der Waals surface area contributed by atoms with E-state index in [9.17, 15) is 9.90 Å². The van der Waals surface area contributed by atoms with Crippen LogP contribution in [-0.2, 0) is 6.54 Å². The lowest BCUT2D eigenvalue weighted by molar-refractivity contribution is 0.0922. The van der Waals surface area contributed by atoms with Crippen LogP contribution in [0.4, 0.5) is 0 Å². The van der Waals surface area contributed by atoms with Crippen LogP contribution < -0.4 is 5.32 Å². The standard InChI is InChI=1S/C22H26N4O2/c1-4-9-26-21(7-8-24-26)18-10-17(20-6-5-15(2)13-23-20)11-19(12-18)22(28)25-16(3)14-27/h5-8,10-13,16,27H,4,9,14H2,1-3H3,(H,25,28). The number of aryl methyl sites for hydroxylation is 2. The molecule has 146 valence electrons. The molecule has 2 heterocycles. The Morgan fingerprint density at radius 1 is 1.21 bits per heavy atom. The van der Waals surface area contributed by atoms with Crippen LogP contribution >= 0.6 is 0 Å². The molecule has 0 saturated carbocycles. The molecule has 1 aromatic carbocycles. The predicted octanol–water partition coefficient (Wildman–Crippen LogP) is 3.44. The summed E-state index contributed by atoms with van der Waals surface area (Å²) < 4.78 is 1.94. The van der Waals surface area contributed by atoms with Gasteiger partial charge in [-0.3, -0.25) is 14.5 Å². The van der Waals surface area contributed by atoms with Crippen molar-refractivity contribution in [1.82, 2.24) is 20.1 Å². The molecule has 0 aliphatic carbocycles. The van der Waals surface area contributed by atoms with E-state index in [0.29, 0.717) is 5.56 Å². The lowest BCUT2D eigenvalue weighted by Gasteiger charge is -2.14. The van der Waals surface area contributed by atoms with Crippen LogP contribution in [0.15, 0.2) is 48.8 Å². The first-order valence-corrected chi connectivity index (χ1v) is 9.53. The quantitative estimate of drug-likeness (QED) is 0.660. The third-order valence-electron chi connectivity index (χ3n) is 4.50. The number of nitrogens with one attached hydrogen (secondary N) is 1.